The molecule has 126 valence electrons. The maximum absolute atomic E-state index is 12.7. The molecule has 5 heteroatoms. The monoisotopic (exact) mass is 318 g/mol. The number of nitrogens with one attached hydrogen (secondary N) is 1. The molecule has 2 amide bonds. The molecule has 2 rings (SSSR count). The highest BCUT2D eigenvalue weighted by Gasteiger charge is 2.28. The maximum Gasteiger partial charge on any atom is 0.253 e. The van der Waals surface area contributed by atoms with Gasteiger partial charge >= 0.3 is 0 Å². The van der Waals surface area contributed by atoms with Crippen molar-refractivity contribution in [3.63, 3.8) is 0 Å². The van der Waals surface area contributed by atoms with Crippen LogP contribution in [0.15, 0.2) is 18.2 Å². The van der Waals surface area contributed by atoms with E-state index in [1.54, 1.807) is 4.90 Å². The van der Waals surface area contributed by atoms with Crippen LogP contribution in [0.1, 0.15) is 40.7 Å². The van der Waals surface area contributed by atoms with Crippen LogP contribution in [0.2, 0.25) is 0 Å². The van der Waals surface area contributed by atoms with Crippen LogP contribution in [0.25, 0.3) is 0 Å². The van der Waals surface area contributed by atoms with Crippen LogP contribution >= 0.6 is 0 Å². The molecule has 1 aromatic carbocycles. The molecule has 0 aromatic heterocycles. The molecule has 5 nitrogen and oxygen atoms in total. The van der Waals surface area contributed by atoms with E-state index < -0.39 is 0 Å². The van der Waals surface area contributed by atoms with Crippen molar-refractivity contribution >= 4 is 11.8 Å². The van der Waals surface area contributed by atoms with Crippen LogP contribution in [-0.4, -0.2) is 48.1 Å². The van der Waals surface area contributed by atoms with Gasteiger partial charge in [-0.25, -0.2) is 0 Å². The van der Waals surface area contributed by atoms with Crippen LogP contribution in [0, 0.1) is 19.8 Å². The Labute approximate surface area is 137 Å². The van der Waals surface area contributed by atoms with Crippen molar-refractivity contribution in [1.29, 1.82) is 0 Å². The molecule has 23 heavy (non-hydrogen) atoms. The fourth-order valence-electron chi connectivity index (χ4n) is 3.09. The van der Waals surface area contributed by atoms with Crippen molar-refractivity contribution < 1.29 is 14.7 Å². The van der Waals surface area contributed by atoms with Crippen molar-refractivity contribution in [2.75, 3.05) is 26.2 Å². The molecule has 1 heterocycles. The van der Waals surface area contributed by atoms with Gasteiger partial charge in [-0.05, 0) is 45.2 Å². The summed E-state index contributed by atoms with van der Waals surface area (Å²) in [6.07, 6.45) is 2.21. The van der Waals surface area contributed by atoms with E-state index in [1.807, 2.05) is 32.0 Å². The van der Waals surface area contributed by atoms with Gasteiger partial charge in [-0.15, -0.1) is 0 Å². The van der Waals surface area contributed by atoms with Gasteiger partial charge in [0, 0.05) is 31.8 Å². The second-order valence-corrected chi connectivity index (χ2v) is 6.33. The van der Waals surface area contributed by atoms with E-state index >= 15 is 0 Å². The molecule has 1 fully saturated rings. The highest BCUT2D eigenvalue weighted by atomic mass is 16.3. The Hall–Kier alpha value is -1.88. The molecule has 0 radical (unpaired) electrons. The number of rotatable bonds is 5. The number of aryl methyl sites for hydroxylation is 2. The van der Waals surface area contributed by atoms with E-state index in [4.69, 9.17) is 5.11 Å². The highest BCUT2D eigenvalue weighted by Crippen LogP contribution is 2.20. The number of aliphatic hydroxyl groups excluding tert-OH is 1. The third kappa shape index (κ3) is 4.79. The number of likely N-dealkylation sites (tertiary alicyclic amines) is 1. The zero-order chi connectivity index (χ0) is 16.8. The van der Waals surface area contributed by atoms with Gasteiger partial charge in [0.1, 0.15) is 0 Å². The van der Waals surface area contributed by atoms with Gasteiger partial charge in [0.15, 0.2) is 0 Å². The number of amides is 2. The fourth-order valence-corrected chi connectivity index (χ4v) is 3.09. The van der Waals surface area contributed by atoms with E-state index in [2.05, 4.69) is 5.32 Å². The largest absolute Gasteiger partial charge is 0.396 e. The summed E-state index contributed by atoms with van der Waals surface area (Å²) < 4.78 is 0. The number of benzene rings is 1. The minimum Gasteiger partial charge on any atom is -0.396 e. The lowest BCUT2D eigenvalue weighted by molar-refractivity contribution is -0.126. The summed E-state index contributed by atoms with van der Waals surface area (Å²) in [5, 5.41) is 11.6. The Kier molecular flexibility index (Phi) is 6.16. The number of piperidine rings is 1. The molecule has 1 aromatic rings. The SMILES string of the molecule is Cc1cc(C)cc(C(=O)N2CCCC(C(=O)NCCCO)C2)c1. The summed E-state index contributed by atoms with van der Waals surface area (Å²) in [5.74, 6) is -0.168. The number of carbonyl (C=O) groups excluding carboxylic acids is 2. The van der Waals surface area contributed by atoms with Crippen molar-refractivity contribution in [2.24, 2.45) is 5.92 Å². The average Bonchev–Trinajstić information content (AvgIpc) is 2.53. The van der Waals surface area contributed by atoms with E-state index in [1.165, 1.54) is 0 Å². The lowest BCUT2D eigenvalue weighted by Crippen LogP contribution is -2.45. The first-order valence-electron chi connectivity index (χ1n) is 8.27. The topological polar surface area (TPSA) is 69.6 Å². The molecule has 1 aliphatic heterocycles. The Morgan fingerprint density at radius 2 is 1.96 bits per heavy atom. The number of nitrogens with zero attached hydrogens (tertiary/aromatic N) is 1. The Balaban J connectivity index is 1.99. The van der Waals surface area contributed by atoms with Crippen molar-refractivity contribution in [3.8, 4) is 0 Å². The van der Waals surface area contributed by atoms with Gasteiger partial charge in [-0.2, -0.15) is 0 Å². The molecule has 0 bridgehead atoms. The summed E-state index contributed by atoms with van der Waals surface area (Å²) in [5.41, 5.74) is 2.84. The fraction of sp³-hybridized carbons (Fsp3) is 0.556. The second-order valence-electron chi connectivity index (χ2n) is 6.33. The Morgan fingerprint density at radius 3 is 2.61 bits per heavy atom. The second kappa shape index (κ2) is 8.11. The number of carbonyl (C=O) groups is 2. The zero-order valence-corrected chi connectivity index (χ0v) is 14.0. The predicted molar refractivity (Wildman–Crippen MR) is 89.3 cm³/mol. The summed E-state index contributed by atoms with van der Waals surface area (Å²) >= 11 is 0. The van der Waals surface area contributed by atoms with E-state index in [0.717, 1.165) is 24.0 Å². The molecule has 1 saturated heterocycles. The van der Waals surface area contributed by atoms with Crippen LogP contribution in [-0.2, 0) is 4.79 Å². The normalized spacial score (nSPS) is 17.9. The molecule has 2 N–H and O–H groups in total. The summed E-state index contributed by atoms with van der Waals surface area (Å²) in [7, 11) is 0. The van der Waals surface area contributed by atoms with Crippen molar-refractivity contribution in [3.05, 3.63) is 34.9 Å². The molecular weight excluding hydrogens is 292 g/mol. The quantitative estimate of drug-likeness (QED) is 0.811. The van der Waals surface area contributed by atoms with Gasteiger partial charge < -0.3 is 15.3 Å². The zero-order valence-electron chi connectivity index (χ0n) is 14.0. The van der Waals surface area contributed by atoms with Gasteiger partial charge in [-0.3, -0.25) is 9.59 Å². The Bertz CT molecular complexity index is 551. The first kappa shape index (κ1) is 17.5. The third-order valence-electron chi connectivity index (χ3n) is 4.18. The Morgan fingerprint density at radius 1 is 1.26 bits per heavy atom. The van der Waals surface area contributed by atoms with Crippen molar-refractivity contribution in [2.45, 2.75) is 33.1 Å². The molecule has 0 aliphatic carbocycles. The van der Waals surface area contributed by atoms with Gasteiger partial charge in [0.25, 0.3) is 5.91 Å². The predicted octanol–water partition coefficient (Wildman–Crippen LogP) is 1.65. The number of hydrogen-bond acceptors (Lipinski definition) is 3. The van der Waals surface area contributed by atoms with Crippen LogP contribution < -0.4 is 5.32 Å². The summed E-state index contributed by atoms with van der Waals surface area (Å²) in [4.78, 5) is 26.6. The van der Waals surface area contributed by atoms with Gasteiger partial charge in [-0.1, -0.05) is 17.2 Å². The average molecular weight is 318 g/mol. The third-order valence-corrected chi connectivity index (χ3v) is 4.18. The van der Waals surface area contributed by atoms with E-state index in [9.17, 15) is 9.59 Å². The summed E-state index contributed by atoms with van der Waals surface area (Å²) in [6, 6.07) is 5.85. The van der Waals surface area contributed by atoms with E-state index in [-0.39, 0.29) is 24.3 Å². The standard InChI is InChI=1S/C18H26N2O3/c1-13-9-14(2)11-16(10-13)18(23)20-7-3-5-15(12-20)17(22)19-6-4-8-21/h9-11,15,21H,3-8,12H2,1-2H3,(H,19,22). The van der Waals surface area contributed by atoms with Crippen LogP contribution in [0.3, 0.4) is 0 Å². The highest BCUT2D eigenvalue weighted by molar-refractivity contribution is 5.95. The van der Waals surface area contributed by atoms with Gasteiger partial charge in [0.2, 0.25) is 5.91 Å². The molecule has 0 spiro atoms. The minimum atomic E-state index is -0.155. The van der Waals surface area contributed by atoms with Crippen LogP contribution in [0.4, 0.5) is 0 Å². The van der Waals surface area contributed by atoms with Crippen LogP contribution in [0.5, 0.6) is 0 Å². The first-order chi connectivity index (χ1) is 11.0. The summed E-state index contributed by atoms with van der Waals surface area (Å²) in [6.45, 7) is 5.69. The smallest absolute Gasteiger partial charge is 0.253 e. The first-order valence-corrected chi connectivity index (χ1v) is 8.27. The van der Waals surface area contributed by atoms with Crippen molar-refractivity contribution in [1.82, 2.24) is 10.2 Å². The maximum atomic E-state index is 12.7. The molecule has 1 aliphatic rings. The molecule has 0 saturated carbocycles. The molecule has 1 atom stereocenters. The molecular formula is C18H26N2O3. The lowest BCUT2D eigenvalue weighted by atomic mass is 9.96. The lowest BCUT2D eigenvalue weighted by Gasteiger charge is -2.32. The number of aliphatic hydroxyl groups is 1. The molecule has 1 unspecified atom stereocenters. The number of hydrogen-bond donors (Lipinski definition) is 2. The minimum absolute atomic E-state index is 0.00431. The van der Waals surface area contributed by atoms with E-state index in [0.29, 0.717) is 31.6 Å². The van der Waals surface area contributed by atoms with Gasteiger partial charge in [0.05, 0.1) is 5.92 Å².